The van der Waals surface area contributed by atoms with E-state index in [1.54, 1.807) is 21.3 Å². The molecule has 96 valence electrons. The van der Waals surface area contributed by atoms with E-state index in [1.807, 2.05) is 12.1 Å². The number of hydrogen-bond donors (Lipinski definition) is 0. The molecule has 3 nitrogen and oxygen atoms in total. The summed E-state index contributed by atoms with van der Waals surface area (Å²) in [5.74, 6) is 2.08. The minimum Gasteiger partial charge on any atom is -0.493 e. The summed E-state index contributed by atoms with van der Waals surface area (Å²) in [5, 5.41) is 2.20. The molecule has 0 N–H and O–H groups in total. The third-order valence-corrected chi connectivity index (χ3v) is 3.14. The van der Waals surface area contributed by atoms with Gasteiger partial charge in [-0.1, -0.05) is 25.1 Å². The molecule has 0 bridgehead atoms. The minimum atomic E-state index is 0.647. The molecule has 18 heavy (non-hydrogen) atoms. The molecule has 0 radical (unpaired) electrons. The van der Waals surface area contributed by atoms with Crippen LogP contribution in [0.4, 0.5) is 0 Å². The molecule has 0 saturated carbocycles. The van der Waals surface area contributed by atoms with Crippen LogP contribution in [0.1, 0.15) is 12.5 Å². The van der Waals surface area contributed by atoms with Gasteiger partial charge in [-0.25, -0.2) is 0 Å². The average Bonchev–Trinajstić information content (AvgIpc) is 2.43. The molecule has 0 aliphatic heterocycles. The monoisotopic (exact) mass is 246 g/mol. The van der Waals surface area contributed by atoms with Gasteiger partial charge in [-0.3, -0.25) is 0 Å². The van der Waals surface area contributed by atoms with E-state index in [0.717, 1.165) is 22.9 Å². The molecular weight excluding hydrogens is 228 g/mol. The van der Waals surface area contributed by atoms with Crippen molar-refractivity contribution in [1.82, 2.24) is 0 Å². The van der Waals surface area contributed by atoms with Crippen LogP contribution >= 0.6 is 0 Å². The maximum atomic E-state index is 5.53. The third-order valence-electron chi connectivity index (χ3n) is 3.14. The zero-order chi connectivity index (χ0) is 13.1. The highest BCUT2D eigenvalue weighted by atomic mass is 16.5. The second kappa shape index (κ2) is 5.17. The number of hydrogen-bond acceptors (Lipinski definition) is 3. The van der Waals surface area contributed by atoms with Crippen molar-refractivity contribution in [3.8, 4) is 17.2 Å². The summed E-state index contributed by atoms with van der Waals surface area (Å²) in [5.41, 5.74) is 1.24. The average molecular weight is 246 g/mol. The number of rotatable bonds is 4. The number of methoxy groups -OCH3 is 3. The first-order chi connectivity index (χ1) is 8.76. The Morgan fingerprint density at radius 1 is 0.944 bits per heavy atom. The Kier molecular flexibility index (Phi) is 3.60. The van der Waals surface area contributed by atoms with Crippen molar-refractivity contribution < 1.29 is 14.2 Å². The standard InChI is InChI=1S/C15H18O3/c1-5-10-7-6-8-11-9-12(16-2)14(17-3)15(18-4)13(10)11/h6-9H,5H2,1-4H3. The van der Waals surface area contributed by atoms with Crippen molar-refractivity contribution in [2.24, 2.45) is 0 Å². The predicted octanol–water partition coefficient (Wildman–Crippen LogP) is 3.43. The molecule has 0 atom stereocenters. The lowest BCUT2D eigenvalue weighted by Crippen LogP contribution is -1.97. The van der Waals surface area contributed by atoms with Crippen LogP contribution in [-0.2, 0) is 6.42 Å². The van der Waals surface area contributed by atoms with Gasteiger partial charge in [0.2, 0.25) is 5.75 Å². The third kappa shape index (κ3) is 1.86. The number of benzene rings is 2. The molecule has 0 fully saturated rings. The summed E-state index contributed by atoms with van der Waals surface area (Å²) < 4.78 is 16.3. The van der Waals surface area contributed by atoms with E-state index >= 15 is 0 Å². The highest BCUT2D eigenvalue weighted by Gasteiger charge is 2.17. The smallest absolute Gasteiger partial charge is 0.203 e. The van der Waals surface area contributed by atoms with E-state index in [0.29, 0.717) is 11.5 Å². The second-order valence-corrected chi connectivity index (χ2v) is 4.01. The van der Waals surface area contributed by atoms with Gasteiger partial charge in [0, 0.05) is 5.39 Å². The normalized spacial score (nSPS) is 10.4. The van der Waals surface area contributed by atoms with Gasteiger partial charge in [-0.2, -0.15) is 0 Å². The van der Waals surface area contributed by atoms with Gasteiger partial charge in [0.15, 0.2) is 11.5 Å². The van der Waals surface area contributed by atoms with Crippen LogP contribution in [-0.4, -0.2) is 21.3 Å². The molecule has 0 aliphatic rings. The van der Waals surface area contributed by atoms with Crippen molar-refractivity contribution >= 4 is 10.8 Å². The van der Waals surface area contributed by atoms with E-state index < -0.39 is 0 Å². The van der Waals surface area contributed by atoms with Crippen LogP contribution in [0.5, 0.6) is 17.2 Å². The van der Waals surface area contributed by atoms with Gasteiger partial charge in [0.05, 0.1) is 21.3 Å². The first kappa shape index (κ1) is 12.6. The number of fused-ring (bicyclic) bond motifs is 1. The Hall–Kier alpha value is -1.90. The van der Waals surface area contributed by atoms with Gasteiger partial charge in [-0.15, -0.1) is 0 Å². The highest BCUT2D eigenvalue weighted by molar-refractivity contribution is 5.95. The molecule has 0 heterocycles. The first-order valence-corrected chi connectivity index (χ1v) is 5.97. The molecule has 0 unspecified atom stereocenters. The summed E-state index contributed by atoms with van der Waals surface area (Å²) in [6.45, 7) is 2.13. The molecule has 0 spiro atoms. The van der Waals surface area contributed by atoms with Crippen molar-refractivity contribution in [2.45, 2.75) is 13.3 Å². The fourth-order valence-corrected chi connectivity index (χ4v) is 2.28. The molecule has 3 heteroatoms. The van der Waals surface area contributed by atoms with Crippen LogP contribution < -0.4 is 14.2 Å². The fourth-order valence-electron chi connectivity index (χ4n) is 2.28. The van der Waals surface area contributed by atoms with E-state index in [9.17, 15) is 0 Å². The molecule has 0 saturated heterocycles. The molecule has 2 aromatic carbocycles. The largest absolute Gasteiger partial charge is 0.493 e. The Bertz CT molecular complexity index is 561. The van der Waals surface area contributed by atoms with Gasteiger partial charge in [-0.05, 0) is 23.4 Å². The van der Waals surface area contributed by atoms with Crippen molar-refractivity contribution in [2.75, 3.05) is 21.3 Å². The van der Waals surface area contributed by atoms with E-state index in [4.69, 9.17) is 14.2 Å². The SMILES string of the molecule is CCc1cccc2cc(OC)c(OC)c(OC)c12. The lowest BCUT2D eigenvalue weighted by atomic mass is 10.0. The molecule has 0 aromatic heterocycles. The van der Waals surface area contributed by atoms with Crippen molar-refractivity contribution in [1.29, 1.82) is 0 Å². The Balaban J connectivity index is 2.88. The molecular formula is C15H18O3. The van der Waals surface area contributed by atoms with Gasteiger partial charge in [0.25, 0.3) is 0 Å². The topological polar surface area (TPSA) is 27.7 Å². The van der Waals surface area contributed by atoms with Crippen molar-refractivity contribution in [3.63, 3.8) is 0 Å². The Morgan fingerprint density at radius 3 is 2.22 bits per heavy atom. The van der Waals surface area contributed by atoms with E-state index in [-0.39, 0.29) is 0 Å². The molecule has 2 aromatic rings. The Labute approximate surface area is 107 Å². The maximum absolute atomic E-state index is 5.53. The minimum absolute atomic E-state index is 0.647. The fraction of sp³-hybridized carbons (Fsp3) is 0.333. The van der Waals surface area contributed by atoms with E-state index in [1.165, 1.54) is 5.56 Å². The van der Waals surface area contributed by atoms with E-state index in [2.05, 4.69) is 19.1 Å². The summed E-state index contributed by atoms with van der Waals surface area (Å²) in [6.07, 6.45) is 0.948. The molecule has 2 rings (SSSR count). The first-order valence-electron chi connectivity index (χ1n) is 5.97. The molecule has 0 aliphatic carbocycles. The highest BCUT2D eigenvalue weighted by Crippen LogP contribution is 2.44. The number of ether oxygens (including phenoxy) is 3. The van der Waals surface area contributed by atoms with Crippen molar-refractivity contribution in [3.05, 3.63) is 29.8 Å². The summed E-state index contributed by atoms with van der Waals surface area (Å²) in [6, 6.07) is 8.19. The quantitative estimate of drug-likeness (QED) is 0.827. The van der Waals surface area contributed by atoms with Crippen LogP contribution in [0.3, 0.4) is 0 Å². The second-order valence-electron chi connectivity index (χ2n) is 4.01. The summed E-state index contributed by atoms with van der Waals surface area (Å²) >= 11 is 0. The zero-order valence-corrected chi connectivity index (χ0v) is 11.2. The summed E-state index contributed by atoms with van der Waals surface area (Å²) in [7, 11) is 4.91. The molecule has 0 amide bonds. The van der Waals surface area contributed by atoms with Crippen LogP contribution in [0.15, 0.2) is 24.3 Å². The Morgan fingerprint density at radius 2 is 1.67 bits per heavy atom. The van der Waals surface area contributed by atoms with Gasteiger partial charge < -0.3 is 14.2 Å². The van der Waals surface area contributed by atoms with Gasteiger partial charge in [0.1, 0.15) is 0 Å². The van der Waals surface area contributed by atoms with Crippen LogP contribution in [0.2, 0.25) is 0 Å². The lowest BCUT2D eigenvalue weighted by molar-refractivity contribution is 0.327. The lowest BCUT2D eigenvalue weighted by Gasteiger charge is -2.16. The van der Waals surface area contributed by atoms with Gasteiger partial charge >= 0.3 is 0 Å². The predicted molar refractivity (Wildman–Crippen MR) is 73.0 cm³/mol. The summed E-state index contributed by atoms with van der Waals surface area (Å²) in [4.78, 5) is 0. The van der Waals surface area contributed by atoms with Crippen LogP contribution in [0.25, 0.3) is 10.8 Å². The van der Waals surface area contributed by atoms with Crippen LogP contribution in [0, 0.1) is 0 Å². The zero-order valence-electron chi connectivity index (χ0n) is 11.2. The number of aryl methyl sites for hydroxylation is 1. The maximum Gasteiger partial charge on any atom is 0.203 e.